The summed E-state index contributed by atoms with van der Waals surface area (Å²) in [5.74, 6) is 1.99. The van der Waals surface area contributed by atoms with Crippen LogP contribution >= 0.6 is 0 Å². The molecule has 1 fully saturated rings. The summed E-state index contributed by atoms with van der Waals surface area (Å²) in [6.45, 7) is 4.94. The molecule has 0 aliphatic carbocycles. The molecule has 0 atom stereocenters. The molecule has 0 bridgehead atoms. The SMILES string of the molecule is CCOC1CCN(c2cccc(NC)n2)CC1. The molecule has 1 aromatic heterocycles. The number of anilines is 2. The van der Waals surface area contributed by atoms with Crippen LogP contribution in [0.1, 0.15) is 19.8 Å². The summed E-state index contributed by atoms with van der Waals surface area (Å²) in [4.78, 5) is 6.89. The first-order chi connectivity index (χ1) is 8.33. The van der Waals surface area contributed by atoms with Crippen molar-refractivity contribution in [1.82, 2.24) is 4.98 Å². The van der Waals surface area contributed by atoms with Crippen LogP contribution < -0.4 is 10.2 Å². The molecule has 2 heterocycles. The second kappa shape index (κ2) is 5.87. The molecule has 2 rings (SSSR count). The molecule has 0 radical (unpaired) electrons. The van der Waals surface area contributed by atoms with Gasteiger partial charge in [0.05, 0.1) is 6.10 Å². The lowest BCUT2D eigenvalue weighted by Gasteiger charge is -2.32. The lowest BCUT2D eigenvalue weighted by Crippen LogP contribution is -2.37. The average Bonchev–Trinajstić information content (AvgIpc) is 2.40. The Hall–Kier alpha value is -1.29. The van der Waals surface area contributed by atoms with Crippen LogP contribution in [0, 0.1) is 0 Å². The van der Waals surface area contributed by atoms with Gasteiger partial charge in [-0.25, -0.2) is 4.98 Å². The molecule has 0 saturated carbocycles. The first-order valence-corrected chi connectivity index (χ1v) is 6.35. The number of nitrogens with one attached hydrogen (secondary N) is 1. The number of rotatable bonds is 4. The van der Waals surface area contributed by atoms with Crippen molar-refractivity contribution in [2.75, 3.05) is 37.0 Å². The van der Waals surface area contributed by atoms with Gasteiger partial charge in [0.15, 0.2) is 0 Å². The second-order valence-electron chi connectivity index (χ2n) is 4.27. The average molecular weight is 235 g/mol. The van der Waals surface area contributed by atoms with Gasteiger partial charge in [-0.1, -0.05) is 6.07 Å². The molecule has 0 unspecified atom stereocenters. The van der Waals surface area contributed by atoms with E-state index in [0.717, 1.165) is 44.2 Å². The number of hydrogen-bond acceptors (Lipinski definition) is 4. The van der Waals surface area contributed by atoms with Crippen LogP contribution in [0.3, 0.4) is 0 Å². The molecule has 94 valence electrons. The van der Waals surface area contributed by atoms with Crippen molar-refractivity contribution in [2.24, 2.45) is 0 Å². The van der Waals surface area contributed by atoms with Crippen molar-refractivity contribution in [1.29, 1.82) is 0 Å². The highest BCUT2D eigenvalue weighted by atomic mass is 16.5. The Morgan fingerprint density at radius 3 is 2.82 bits per heavy atom. The molecule has 4 heteroatoms. The van der Waals surface area contributed by atoms with Crippen LogP contribution in [0.4, 0.5) is 11.6 Å². The predicted molar refractivity (Wildman–Crippen MR) is 70.6 cm³/mol. The minimum absolute atomic E-state index is 0.434. The molecule has 4 nitrogen and oxygen atoms in total. The molecule has 0 spiro atoms. The maximum Gasteiger partial charge on any atom is 0.130 e. The zero-order valence-corrected chi connectivity index (χ0v) is 10.6. The second-order valence-corrected chi connectivity index (χ2v) is 4.27. The van der Waals surface area contributed by atoms with Crippen LogP contribution in [-0.2, 0) is 4.74 Å². The van der Waals surface area contributed by atoms with Crippen LogP contribution in [0.5, 0.6) is 0 Å². The van der Waals surface area contributed by atoms with Gasteiger partial charge in [0.2, 0.25) is 0 Å². The molecule has 1 aromatic rings. The summed E-state index contributed by atoms with van der Waals surface area (Å²) in [5, 5.41) is 3.07. The summed E-state index contributed by atoms with van der Waals surface area (Å²) >= 11 is 0. The van der Waals surface area contributed by atoms with E-state index in [2.05, 4.69) is 28.2 Å². The molecule has 1 saturated heterocycles. The largest absolute Gasteiger partial charge is 0.378 e. The number of pyridine rings is 1. The van der Waals surface area contributed by atoms with Gasteiger partial charge in [-0.3, -0.25) is 0 Å². The van der Waals surface area contributed by atoms with Crippen LogP contribution in [0.2, 0.25) is 0 Å². The normalized spacial score (nSPS) is 17.2. The standard InChI is InChI=1S/C13H21N3O/c1-3-17-11-7-9-16(10-8-11)13-6-4-5-12(14-2)15-13/h4-6,11H,3,7-10H2,1-2H3,(H,14,15). The number of hydrogen-bond donors (Lipinski definition) is 1. The van der Waals surface area contributed by atoms with Crippen LogP contribution in [0.15, 0.2) is 18.2 Å². The van der Waals surface area contributed by atoms with Gasteiger partial charge in [-0.15, -0.1) is 0 Å². The zero-order chi connectivity index (χ0) is 12.1. The van der Waals surface area contributed by atoms with E-state index in [4.69, 9.17) is 4.74 Å². The molecule has 0 aromatic carbocycles. The molecule has 1 N–H and O–H groups in total. The van der Waals surface area contributed by atoms with E-state index in [0.29, 0.717) is 6.10 Å². The Bertz CT molecular complexity index is 348. The maximum atomic E-state index is 5.65. The fourth-order valence-corrected chi connectivity index (χ4v) is 2.23. The minimum Gasteiger partial charge on any atom is -0.378 e. The quantitative estimate of drug-likeness (QED) is 0.867. The van der Waals surface area contributed by atoms with Crippen molar-refractivity contribution < 1.29 is 4.74 Å². The fraction of sp³-hybridized carbons (Fsp3) is 0.615. The van der Waals surface area contributed by atoms with Crippen molar-refractivity contribution in [3.05, 3.63) is 18.2 Å². The third-order valence-corrected chi connectivity index (χ3v) is 3.16. The zero-order valence-electron chi connectivity index (χ0n) is 10.6. The van der Waals surface area contributed by atoms with E-state index in [1.165, 1.54) is 0 Å². The smallest absolute Gasteiger partial charge is 0.130 e. The third kappa shape index (κ3) is 3.09. The Kier molecular flexibility index (Phi) is 4.20. The highest BCUT2D eigenvalue weighted by Gasteiger charge is 2.20. The molecule has 1 aliphatic heterocycles. The molecule has 1 aliphatic rings. The Balaban J connectivity index is 1.95. The van der Waals surface area contributed by atoms with Crippen LogP contribution in [0.25, 0.3) is 0 Å². The van der Waals surface area contributed by atoms with Crippen molar-refractivity contribution in [3.63, 3.8) is 0 Å². The Morgan fingerprint density at radius 2 is 2.18 bits per heavy atom. The predicted octanol–water partition coefficient (Wildman–Crippen LogP) is 2.13. The lowest BCUT2D eigenvalue weighted by molar-refractivity contribution is 0.0458. The number of aromatic nitrogens is 1. The van der Waals surface area contributed by atoms with Crippen molar-refractivity contribution in [3.8, 4) is 0 Å². The molecular formula is C13H21N3O. The summed E-state index contributed by atoms with van der Waals surface area (Å²) < 4.78 is 5.65. The summed E-state index contributed by atoms with van der Waals surface area (Å²) in [6, 6.07) is 6.10. The van der Waals surface area contributed by atoms with Gasteiger partial charge in [-0.05, 0) is 31.9 Å². The van der Waals surface area contributed by atoms with E-state index in [1.54, 1.807) is 0 Å². The highest BCUT2D eigenvalue weighted by molar-refractivity contribution is 5.46. The number of ether oxygens (including phenoxy) is 1. The Morgan fingerprint density at radius 1 is 1.41 bits per heavy atom. The van der Waals surface area contributed by atoms with Crippen molar-refractivity contribution in [2.45, 2.75) is 25.9 Å². The first kappa shape index (κ1) is 12.2. The number of piperidine rings is 1. The number of nitrogens with zero attached hydrogens (tertiary/aromatic N) is 2. The highest BCUT2D eigenvalue weighted by Crippen LogP contribution is 2.20. The van der Waals surface area contributed by atoms with E-state index in [1.807, 2.05) is 19.2 Å². The van der Waals surface area contributed by atoms with Gasteiger partial charge in [0, 0.05) is 26.7 Å². The third-order valence-electron chi connectivity index (χ3n) is 3.16. The van der Waals surface area contributed by atoms with Gasteiger partial charge in [0.1, 0.15) is 11.6 Å². The van der Waals surface area contributed by atoms with E-state index < -0.39 is 0 Å². The first-order valence-electron chi connectivity index (χ1n) is 6.35. The summed E-state index contributed by atoms with van der Waals surface area (Å²) in [6.07, 6.45) is 2.63. The molecule has 0 amide bonds. The van der Waals surface area contributed by atoms with Gasteiger partial charge >= 0.3 is 0 Å². The van der Waals surface area contributed by atoms with E-state index >= 15 is 0 Å². The maximum absolute atomic E-state index is 5.65. The van der Waals surface area contributed by atoms with Gasteiger partial charge in [0.25, 0.3) is 0 Å². The molecule has 17 heavy (non-hydrogen) atoms. The lowest BCUT2D eigenvalue weighted by atomic mass is 10.1. The fourth-order valence-electron chi connectivity index (χ4n) is 2.23. The Labute approximate surface area is 103 Å². The minimum atomic E-state index is 0.434. The molecular weight excluding hydrogens is 214 g/mol. The summed E-state index contributed by atoms with van der Waals surface area (Å²) in [5.41, 5.74) is 0. The van der Waals surface area contributed by atoms with Gasteiger partial charge < -0.3 is 15.0 Å². The van der Waals surface area contributed by atoms with E-state index in [-0.39, 0.29) is 0 Å². The topological polar surface area (TPSA) is 37.4 Å². The van der Waals surface area contributed by atoms with E-state index in [9.17, 15) is 0 Å². The van der Waals surface area contributed by atoms with Crippen LogP contribution in [-0.4, -0.2) is 37.8 Å². The van der Waals surface area contributed by atoms with Crippen molar-refractivity contribution >= 4 is 11.6 Å². The van der Waals surface area contributed by atoms with Gasteiger partial charge in [-0.2, -0.15) is 0 Å². The monoisotopic (exact) mass is 235 g/mol. The summed E-state index contributed by atoms with van der Waals surface area (Å²) in [7, 11) is 1.90.